The third kappa shape index (κ3) is 5.21. The minimum absolute atomic E-state index is 0.0516. The number of hydrogen-bond donors (Lipinski definition) is 1. The van der Waals surface area contributed by atoms with Crippen LogP contribution in [0.2, 0.25) is 0 Å². The van der Waals surface area contributed by atoms with Crippen LogP contribution in [0.4, 0.5) is 14.6 Å². The van der Waals surface area contributed by atoms with Gasteiger partial charge in [0.2, 0.25) is 5.91 Å². The van der Waals surface area contributed by atoms with Gasteiger partial charge in [-0.1, -0.05) is 38.6 Å². The summed E-state index contributed by atoms with van der Waals surface area (Å²) < 4.78 is 59.7. The fourth-order valence-corrected chi connectivity index (χ4v) is 7.94. The Morgan fingerprint density at radius 2 is 1.80 bits per heavy atom. The van der Waals surface area contributed by atoms with Crippen molar-refractivity contribution in [3.8, 4) is 22.7 Å². The molecule has 1 atom stereocenters. The van der Waals surface area contributed by atoms with E-state index in [0.717, 1.165) is 16.7 Å². The van der Waals surface area contributed by atoms with E-state index in [4.69, 9.17) is 0 Å². The molecule has 1 amide bonds. The van der Waals surface area contributed by atoms with Crippen molar-refractivity contribution in [1.82, 2.24) is 19.4 Å². The van der Waals surface area contributed by atoms with Crippen LogP contribution in [0.3, 0.4) is 0 Å². The molecule has 2 aromatic carbocycles. The van der Waals surface area contributed by atoms with Crippen molar-refractivity contribution < 1.29 is 27.1 Å². The summed E-state index contributed by atoms with van der Waals surface area (Å²) in [5.41, 5.74) is -1.53. The third-order valence-corrected chi connectivity index (χ3v) is 10.9. The average Bonchev–Trinajstić information content (AvgIpc) is 3.87. The summed E-state index contributed by atoms with van der Waals surface area (Å²) in [5, 5.41) is 10.0. The van der Waals surface area contributed by atoms with Gasteiger partial charge < -0.3 is 14.9 Å². The molecule has 240 valence electrons. The minimum atomic E-state index is -3.87. The first kappa shape index (κ1) is 31.3. The Hall–Kier alpha value is -4.65. The predicted octanol–water partition coefficient (Wildman–Crippen LogP) is 4.71. The summed E-state index contributed by atoms with van der Waals surface area (Å²) in [7, 11) is -3.87. The van der Waals surface area contributed by atoms with Crippen molar-refractivity contribution in [2.45, 2.75) is 55.7 Å². The van der Waals surface area contributed by atoms with Gasteiger partial charge in [0.1, 0.15) is 23.1 Å². The number of carbonyl (C=O) groups is 1. The van der Waals surface area contributed by atoms with E-state index in [9.17, 15) is 23.1 Å². The second-order valence-corrected chi connectivity index (χ2v) is 14.2. The van der Waals surface area contributed by atoms with Gasteiger partial charge in [-0.05, 0) is 61.6 Å². The van der Waals surface area contributed by atoms with E-state index in [0.29, 0.717) is 18.4 Å². The number of amides is 1. The van der Waals surface area contributed by atoms with Gasteiger partial charge in [-0.25, -0.2) is 31.5 Å². The van der Waals surface area contributed by atoms with Crippen LogP contribution < -0.4 is 10.6 Å². The van der Waals surface area contributed by atoms with Gasteiger partial charge in [-0.15, -0.1) is 0 Å². The standard InChI is InChI=1S/C33H33F2N5O5S/c1-5-27(42)38-14-15-39(19(4)17-38)31-22-16-24(35)29(28-23(34)9-7-10-25(28)41)36-32(22)40(33(43)37-31)30-21(18(2)3)8-6-11-26(30)46(44,45)20-12-13-20/h5-11,16,18-20,41H,1,12-15,17H2,2-4H3/t19-/m0/s1. The summed E-state index contributed by atoms with van der Waals surface area (Å²) in [5.74, 6) is -2.92. The molecule has 0 unspecified atom stereocenters. The van der Waals surface area contributed by atoms with E-state index in [1.54, 1.807) is 21.9 Å². The third-order valence-electron chi connectivity index (χ3n) is 8.56. The highest BCUT2D eigenvalue weighted by Crippen LogP contribution is 2.40. The molecule has 1 N–H and O–H groups in total. The predicted molar refractivity (Wildman–Crippen MR) is 170 cm³/mol. The van der Waals surface area contributed by atoms with Crippen molar-refractivity contribution in [2.75, 3.05) is 24.5 Å². The van der Waals surface area contributed by atoms with Crippen LogP contribution in [0, 0.1) is 11.6 Å². The van der Waals surface area contributed by atoms with Gasteiger partial charge in [-0.2, -0.15) is 4.98 Å². The summed E-state index contributed by atoms with van der Waals surface area (Å²) in [6.45, 7) is 9.86. The summed E-state index contributed by atoms with van der Waals surface area (Å²) in [6.07, 6.45) is 2.19. The second-order valence-electron chi connectivity index (χ2n) is 12.0. The zero-order valence-electron chi connectivity index (χ0n) is 25.6. The molecule has 1 aliphatic carbocycles. The van der Waals surface area contributed by atoms with Crippen molar-refractivity contribution >= 4 is 32.6 Å². The Morgan fingerprint density at radius 1 is 1.09 bits per heavy atom. The number of halogens is 2. The number of phenolic OH excluding ortho intramolecular Hbond substituents is 1. The number of aromatic hydroxyl groups is 1. The number of pyridine rings is 1. The molecule has 1 saturated heterocycles. The van der Waals surface area contributed by atoms with E-state index < -0.39 is 49.4 Å². The van der Waals surface area contributed by atoms with Gasteiger partial charge >= 0.3 is 5.69 Å². The Kier molecular flexibility index (Phi) is 7.91. The molecule has 2 fully saturated rings. The fourth-order valence-electron chi connectivity index (χ4n) is 6.08. The maximum Gasteiger partial charge on any atom is 0.355 e. The molecule has 46 heavy (non-hydrogen) atoms. The molecule has 3 heterocycles. The van der Waals surface area contributed by atoms with Crippen LogP contribution in [0.25, 0.3) is 28.0 Å². The van der Waals surface area contributed by atoms with E-state index in [1.165, 1.54) is 24.3 Å². The summed E-state index contributed by atoms with van der Waals surface area (Å²) >= 11 is 0. The molecule has 1 aliphatic heterocycles. The molecule has 10 nitrogen and oxygen atoms in total. The zero-order chi connectivity index (χ0) is 33.1. The Morgan fingerprint density at radius 3 is 2.43 bits per heavy atom. The van der Waals surface area contributed by atoms with Crippen LogP contribution in [0.1, 0.15) is 45.1 Å². The summed E-state index contributed by atoms with van der Waals surface area (Å²) in [6, 6.07) is 8.97. The number of hydrogen-bond acceptors (Lipinski definition) is 8. The number of carbonyl (C=O) groups excluding carboxylic acids is 1. The van der Waals surface area contributed by atoms with Crippen LogP contribution in [-0.2, 0) is 14.6 Å². The van der Waals surface area contributed by atoms with Crippen LogP contribution in [0.15, 0.2) is 64.8 Å². The van der Waals surface area contributed by atoms with E-state index >= 15 is 8.78 Å². The van der Waals surface area contributed by atoms with Crippen LogP contribution in [0.5, 0.6) is 5.75 Å². The van der Waals surface area contributed by atoms with Gasteiger partial charge in [0.25, 0.3) is 0 Å². The lowest BCUT2D eigenvalue weighted by atomic mass is 10.0. The molecule has 2 aromatic heterocycles. The maximum atomic E-state index is 16.0. The van der Waals surface area contributed by atoms with Gasteiger partial charge in [0, 0.05) is 25.7 Å². The number of piperazine rings is 1. The van der Waals surface area contributed by atoms with E-state index in [-0.39, 0.29) is 64.9 Å². The van der Waals surface area contributed by atoms with Crippen molar-refractivity contribution in [3.05, 3.63) is 82.8 Å². The zero-order valence-corrected chi connectivity index (χ0v) is 26.4. The van der Waals surface area contributed by atoms with Crippen molar-refractivity contribution in [1.29, 1.82) is 0 Å². The molecule has 13 heteroatoms. The average molecular weight is 650 g/mol. The Labute approximate surface area is 264 Å². The Balaban J connectivity index is 1.70. The van der Waals surface area contributed by atoms with Gasteiger partial charge in [-0.3, -0.25) is 4.79 Å². The molecule has 4 aromatic rings. The SMILES string of the molecule is C=CC(=O)N1CCN(c2nc(=O)n(-c3c(C(C)C)cccc3S(=O)(=O)C3CC3)c3nc(-c4c(O)cccc4F)c(F)cc23)[C@@H](C)C1. The topological polar surface area (TPSA) is 126 Å². The number of nitrogens with zero attached hydrogens (tertiary/aromatic N) is 5. The number of anilines is 1. The number of aromatic nitrogens is 3. The number of para-hydroxylation sites is 1. The first-order valence-electron chi connectivity index (χ1n) is 15.0. The van der Waals surface area contributed by atoms with Crippen molar-refractivity contribution in [2.24, 2.45) is 0 Å². The first-order valence-corrected chi connectivity index (χ1v) is 16.6. The van der Waals surface area contributed by atoms with E-state index in [1.807, 2.05) is 20.8 Å². The lowest BCUT2D eigenvalue weighted by Crippen LogP contribution is -2.54. The largest absolute Gasteiger partial charge is 0.507 e. The number of fused-ring (bicyclic) bond motifs is 1. The Bertz CT molecular complexity index is 2060. The van der Waals surface area contributed by atoms with Crippen LogP contribution >= 0.6 is 0 Å². The molecule has 1 saturated carbocycles. The molecule has 0 radical (unpaired) electrons. The molecule has 2 aliphatic rings. The highest BCUT2D eigenvalue weighted by molar-refractivity contribution is 7.92. The van der Waals surface area contributed by atoms with Gasteiger partial charge in [0.15, 0.2) is 21.3 Å². The maximum absolute atomic E-state index is 16.0. The number of sulfone groups is 1. The number of rotatable bonds is 7. The van der Waals surface area contributed by atoms with E-state index in [2.05, 4.69) is 16.5 Å². The first-order chi connectivity index (χ1) is 21.8. The lowest BCUT2D eigenvalue weighted by Gasteiger charge is -2.40. The highest BCUT2D eigenvalue weighted by atomic mass is 32.2. The van der Waals surface area contributed by atoms with Crippen molar-refractivity contribution in [3.63, 3.8) is 0 Å². The fraction of sp³-hybridized carbons (Fsp3) is 0.333. The second kappa shape index (κ2) is 11.6. The molecule has 6 rings (SSSR count). The quantitative estimate of drug-likeness (QED) is 0.286. The minimum Gasteiger partial charge on any atom is -0.507 e. The number of benzene rings is 2. The monoisotopic (exact) mass is 649 g/mol. The van der Waals surface area contributed by atoms with Crippen LogP contribution in [-0.4, -0.2) is 69.8 Å². The molecule has 0 spiro atoms. The highest BCUT2D eigenvalue weighted by Gasteiger charge is 2.40. The lowest BCUT2D eigenvalue weighted by molar-refractivity contribution is -0.126. The van der Waals surface area contributed by atoms with Gasteiger partial charge in [0.05, 0.1) is 26.8 Å². The smallest absolute Gasteiger partial charge is 0.355 e. The molecule has 0 bridgehead atoms. The molecular formula is C33H33F2N5O5S. The normalized spacial score (nSPS) is 17.1. The number of phenols is 1. The molecular weight excluding hydrogens is 616 g/mol. The summed E-state index contributed by atoms with van der Waals surface area (Å²) in [4.78, 5) is 38.7.